The van der Waals surface area contributed by atoms with Crippen LogP contribution in [0.5, 0.6) is 11.5 Å². The summed E-state index contributed by atoms with van der Waals surface area (Å²) in [6, 6.07) is 13.1. The quantitative estimate of drug-likeness (QED) is 0.402. The van der Waals surface area contributed by atoms with Gasteiger partial charge in [0, 0.05) is 33.1 Å². The average Bonchev–Trinajstić information content (AvgIpc) is 3.21. The number of hydrogen-bond acceptors (Lipinski definition) is 6. The molecule has 0 fully saturated rings. The Hall–Kier alpha value is -2.87. The molecule has 2 aromatic carbocycles. The third-order valence-electron chi connectivity index (χ3n) is 5.14. The third kappa shape index (κ3) is 4.30. The van der Waals surface area contributed by atoms with E-state index in [-0.39, 0.29) is 11.6 Å². The van der Waals surface area contributed by atoms with Gasteiger partial charge in [-0.25, -0.2) is 4.98 Å². The van der Waals surface area contributed by atoms with Gasteiger partial charge in [0.25, 0.3) is 5.56 Å². The fourth-order valence-electron chi connectivity index (χ4n) is 3.49. The molecule has 8 heteroatoms. The molecule has 0 amide bonds. The molecule has 0 unspecified atom stereocenters. The first-order valence-corrected chi connectivity index (χ1v) is 11.0. The van der Waals surface area contributed by atoms with Crippen LogP contribution in [-0.2, 0) is 6.54 Å². The molecular formula is C23H22ClN3O3S. The number of thiophene rings is 1. The lowest BCUT2D eigenvalue weighted by Gasteiger charge is -2.18. The summed E-state index contributed by atoms with van der Waals surface area (Å²) in [5.74, 6) is 2.09. The summed E-state index contributed by atoms with van der Waals surface area (Å²) in [4.78, 5) is 21.1. The van der Waals surface area contributed by atoms with Crippen molar-refractivity contribution in [2.24, 2.45) is 0 Å². The number of aromatic amines is 1. The molecule has 0 radical (unpaired) electrons. The Morgan fingerprint density at radius 1 is 1.16 bits per heavy atom. The Kier molecular flexibility index (Phi) is 6.27. The first-order valence-electron chi connectivity index (χ1n) is 9.72. The number of rotatable bonds is 7. The molecule has 160 valence electrons. The van der Waals surface area contributed by atoms with E-state index in [9.17, 15) is 4.79 Å². The Morgan fingerprint density at radius 3 is 2.71 bits per heavy atom. The maximum atomic E-state index is 12.9. The van der Waals surface area contributed by atoms with E-state index in [0.717, 1.165) is 28.2 Å². The van der Waals surface area contributed by atoms with Crippen LogP contribution in [0.1, 0.15) is 24.4 Å². The van der Waals surface area contributed by atoms with Gasteiger partial charge in [0.1, 0.15) is 22.2 Å². The van der Waals surface area contributed by atoms with Gasteiger partial charge in [0.2, 0.25) is 0 Å². The van der Waals surface area contributed by atoms with Crippen LogP contribution in [0.25, 0.3) is 21.3 Å². The van der Waals surface area contributed by atoms with Crippen molar-refractivity contribution < 1.29 is 9.47 Å². The van der Waals surface area contributed by atoms with Crippen LogP contribution in [0, 0.1) is 0 Å². The van der Waals surface area contributed by atoms with Crippen LogP contribution in [0.2, 0.25) is 5.02 Å². The van der Waals surface area contributed by atoms with E-state index in [0.29, 0.717) is 27.6 Å². The van der Waals surface area contributed by atoms with Crippen LogP contribution in [0.4, 0.5) is 0 Å². The second-order valence-electron chi connectivity index (χ2n) is 7.03. The number of nitrogens with zero attached hydrogens (tertiary/aromatic N) is 1. The lowest BCUT2D eigenvalue weighted by molar-refractivity contribution is 0.391. The van der Waals surface area contributed by atoms with Crippen molar-refractivity contribution in [2.75, 3.05) is 14.2 Å². The van der Waals surface area contributed by atoms with Crippen molar-refractivity contribution in [1.29, 1.82) is 0 Å². The van der Waals surface area contributed by atoms with Crippen molar-refractivity contribution in [2.45, 2.75) is 19.5 Å². The van der Waals surface area contributed by atoms with Crippen molar-refractivity contribution in [3.8, 4) is 22.6 Å². The van der Waals surface area contributed by atoms with Crippen molar-refractivity contribution in [3.63, 3.8) is 0 Å². The van der Waals surface area contributed by atoms with Crippen LogP contribution in [-0.4, -0.2) is 24.2 Å². The zero-order chi connectivity index (χ0) is 22.0. The minimum absolute atomic E-state index is 0.0481. The van der Waals surface area contributed by atoms with E-state index in [1.807, 2.05) is 54.8 Å². The van der Waals surface area contributed by atoms with Gasteiger partial charge in [-0.1, -0.05) is 29.8 Å². The molecule has 0 aliphatic heterocycles. The van der Waals surface area contributed by atoms with Gasteiger partial charge >= 0.3 is 0 Å². The molecule has 0 bridgehead atoms. The second-order valence-corrected chi connectivity index (χ2v) is 8.30. The van der Waals surface area contributed by atoms with E-state index in [2.05, 4.69) is 15.3 Å². The Bertz CT molecular complexity index is 1280. The minimum atomic E-state index is -0.176. The van der Waals surface area contributed by atoms with Crippen LogP contribution < -0.4 is 20.3 Å². The highest BCUT2D eigenvalue weighted by Crippen LogP contribution is 2.35. The molecule has 1 atom stereocenters. The zero-order valence-electron chi connectivity index (χ0n) is 17.4. The molecule has 2 N–H and O–H groups in total. The first kappa shape index (κ1) is 21.4. The van der Waals surface area contributed by atoms with Gasteiger partial charge in [0.15, 0.2) is 0 Å². The fraction of sp³-hybridized carbons (Fsp3) is 0.217. The normalized spacial score (nSPS) is 12.1. The predicted octanol–water partition coefficient (Wildman–Crippen LogP) is 5.17. The molecule has 0 saturated carbocycles. The number of halogens is 1. The molecular weight excluding hydrogens is 434 g/mol. The van der Waals surface area contributed by atoms with Crippen molar-refractivity contribution in [1.82, 2.24) is 15.3 Å². The number of benzene rings is 2. The molecule has 2 heterocycles. The van der Waals surface area contributed by atoms with Crippen molar-refractivity contribution in [3.05, 3.63) is 74.6 Å². The summed E-state index contributed by atoms with van der Waals surface area (Å²) in [5.41, 5.74) is 2.41. The summed E-state index contributed by atoms with van der Waals surface area (Å²) in [6.45, 7) is 2.42. The number of hydrogen-bond donors (Lipinski definition) is 2. The van der Waals surface area contributed by atoms with E-state index in [4.69, 9.17) is 21.1 Å². The topological polar surface area (TPSA) is 76.2 Å². The summed E-state index contributed by atoms with van der Waals surface area (Å²) in [7, 11) is 3.27. The van der Waals surface area contributed by atoms with Gasteiger partial charge in [-0.15, -0.1) is 11.3 Å². The fourth-order valence-corrected chi connectivity index (χ4v) is 4.69. The van der Waals surface area contributed by atoms with E-state index in [1.165, 1.54) is 11.3 Å². The van der Waals surface area contributed by atoms with Crippen LogP contribution in [0.3, 0.4) is 0 Å². The number of methoxy groups -OCH3 is 2. The Balaban J connectivity index is 1.59. The number of aromatic nitrogens is 2. The van der Waals surface area contributed by atoms with E-state index < -0.39 is 0 Å². The third-order valence-corrected chi connectivity index (χ3v) is 6.34. The number of H-pyrrole nitrogens is 1. The van der Waals surface area contributed by atoms with Crippen LogP contribution >= 0.6 is 22.9 Å². The number of fused-ring (bicyclic) bond motifs is 1. The smallest absolute Gasteiger partial charge is 0.260 e. The number of ether oxygens (including phenoxy) is 2. The molecule has 6 nitrogen and oxygen atoms in total. The summed E-state index contributed by atoms with van der Waals surface area (Å²) < 4.78 is 10.8. The van der Waals surface area contributed by atoms with Crippen LogP contribution in [0.15, 0.2) is 52.6 Å². The van der Waals surface area contributed by atoms with Gasteiger partial charge < -0.3 is 19.8 Å². The lowest BCUT2D eigenvalue weighted by Crippen LogP contribution is -2.22. The molecule has 31 heavy (non-hydrogen) atoms. The van der Waals surface area contributed by atoms with Crippen molar-refractivity contribution >= 4 is 33.2 Å². The maximum Gasteiger partial charge on any atom is 0.260 e. The van der Waals surface area contributed by atoms with E-state index in [1.54, 1.807) is 14.2 Å². The molecule has 4 rings (SSSR count). The highest BCUT2D eigenvalue weighted by atomic mass is 35.5. The van der Waals surface area contributed by atoms with Gasteiger partial charge in [-0.3, -0.25) is 4.79 Å². The Labute approximate surface area is 188 Å². The molecule has 0 spiro atoms. The second kappa shape index (κ2) is 9.09. The summed E-state index contributed by atoms with van der Waals surface area (Å²) in [6.07, 6.45) is 0. The summed E-state index contributed by atoms with van der Waals surface area (Å²) >= 11 is 7.76. The number of nitrogens with one attached hydrogen (secondary N) is 2. The molecule has 2 aromatic heterocycles. The monoisotopic (exact) mass is 455 g/mol. The highest BCUT2D eigenvalue weighted by molar-refractivity contribution is 7.17. The lowest BCUT2D eigenvalue weighted by atomic mass is 10.1. The minimum Gasteiger partial charge on any atom is -0.497 e. The zero-order valence-corrected chi connectivity index (χ0v) is 18.9. The average molecular weight is 456 g/mol. The first-order chi connectivity index (χ1) is 15.0. The SMILES string of the molecule is COc1ccc(OC)c([C@@H](C)NCc2nc3scc(-c4ccccc4Cl)c3c(=O)[nH]2)c1. The van der Waals surface area contributed by atoms with E-state index >= 15 is 0 Å². The van der Waals surface area contributed by atoms with Gasteiger partial charge in [-0.2, -0.15) is 0 Å². The largest absolute Gasteiger partial charge is 0.497 e. The molecule has 4 aromatic rings. The predicted molar refractivity (Wildman–Crippen MR) is 125 cm³/mol. The van der Waals surface area contributed by atoms with Gasteiger partial charge in [-0.05, 0) is 31.2 Å². The Morgan fingerprint density at radius 2 is 1.97 bits per heavy atom. The van der Waals surface area contributed by atoms with Gasteiger partial charge in [0.05, 0.1) is 26.2 Å². The molecule has 0 saturated heterocycles. The molecule has 0 aliphatic rings. The highest BCUT2D eigenvalue weighted by Gasteiger charge is 2.16. The maximum absolute atomic E-state index is 12.9. The summed E-state index contributed by atoms with van der Waals surface area (Å²) in [5, 5.41) is 6.49. The molecule has 0 aliphatic carbocycles. The standard InChI is InChI=1S/C23H22ClN3O3S/c1-13(16-10-14(29-2)8-9-19(16)30-3)25-11-20-26-22(28)21-17(12-31-23(21)27-20)15-6-4-5-7-18(15)24/h4-10,12-13,25H,11H2,1-3H3,(H,26,27,28)/t13-/m1/s1.